The van der Waals surface area contributed by atoms with Crippen LogP contribution in [0.3, 0.4) is 0 Å². The van der Waals surface area contributed by atoms with E-state index in [4.69, 9.17) is 0 Å². The standard InChI is InChI=1S/C21H25N3OS/c1-14-8-9-18-16(12-14)20-17(13-26-18)19(23-24(20)2)21(25)22-11-10-15-6-4-3-5-7-15/h6,8-9,12H,3-5,7,10-11,13H2,1-2H3,(H,22,25). The third-order valence-corrected chi connectivity index (χ3v) is 6.34. The fourth-order valence-corrected chi connectivity index (χ4v) is 4.93. The summed E-state index contributed by atoms with van der Waals surface area (Å²) in [6, 6.07) is 6.50. The maximum absolute atomic E-state index is 12.7. The number of benzene rings is 1. The van der Waals surface area contributed by atoms with Gasteiger partial charge in [0.1, 0.15) is 0 Å². The zero-order chi connectivity index (χ0) is 18.1. The molecule has 0 bridgehead atoms. The number of carbonyl (C=O) groups is 1. The summed E-state index contributed by atoms with van der Waals surface area (Å²) < 4.78 is 1.87. The maximum atomic E-state index is 12.7. The van der Waals surface area contributed by atoms with Gasteiger partial charge in [-0.1, -0.05) is 23.3 Å². The van der Waals surface area contributed by atoms with E-state index in [2.05, 4.69) is 41.6 Å². The molecule has 1 aliphatic carbocycles. The van der Waals surface area contributed by atoms with Gasteiger partial charge in [-0.15, -0.1) is 11.8 Å². The van der Waals surface area contributed by atoms with E-state index in [1.54, 1.807) is 11.8 Å². The van der Waals surface area contributed by atoms with E-state index in [1.807, 2.05) is 11.7 Å². The van der Waals surface area contributed by atoms with Crippen LogP contribution < -0.4 is 5.32 Å². The lowest BCUT2D eigenvalue weighted by molar-refractivity contribution is 0.0947. The Balaban J connectivity index is 1.52. The van der Waals surface area contributed by atoms with E-state index in [1.165, 1.54) is 47.3 Å². The summed E-state index contributed by atoms with van der Waals surface area (Å²) in [7, 11) is 1.94. The highest BCUT2D eigenvalue weighted by molar-refractivity contribution is 7.98. The Morgan fingerprint density at radius 1 is 1.35 bits per heavy atom. The third-order valence-electron chi connectivity index (χ3n) is 5.24. The van der Waals surface area contributed by atoms with Gasteiger partial charge in [0.2, 0.25) is 0 Å². The highest BCUT2D eigenvalue weighted by atomic mass is 32.2. The molecule has 4 rings (SSSR count). The Labute approximate surface area is 159 Å². The molecule has 0 radical (unpaired) electrons. The van der Waals surface area contributed by atoms with Gasteiger partial charge in [-0.05, 0) is 51.2 Å². The monoisotopic (exact) mass is 367 g/mol. The Morgan fingerprint density at radius 3 is 3.04 bits per heavy atom. The molecule has 4 nitrogen and oxygen atoms in total. The summed E-state index contributed by atoms with van der Waals surface area (Å²) in [5.41, 5.74) is 6.63. The zero-order valence-electron chi connectivity index (χ0n) is 15.5. The number of nitrogens with one attached hydrogen (secondary N) is 1. The molecule has 0 saturated carbocycles. The van der Waals surface area contributed by atoms with Crippen molar-refractivity contribution >= 4 is 17.7 Å². The van der Waals surface area contributed by atoms with Crippen LogP contribution in [-0.4, -0.2) is 22.2 Å². The highest BCUT2D eigenvalue weighted by Gasteiger charge is 2.27. The molecule has 0 unspecified atom stereocenters. The fraction of sp³-hybridized carbons (Fsp3) is 0.429. The van der Waals surface area contributed by atoms with Crippen LogP contribution in [0.25, 0.3) is 11.3 Å². The first-order valence-corrected chi connectivity index (χ1v) is 10.4. The lowest BCUT2D eigenvalue weighted by atomic mass is 9.97. The molecule has 0 spiro atoms. The zero-order valence-corrected chi connectivity index (χ0v) is 16.3. The van der Waals surface area contributed by atoms with E-state index in [0.29, 0.717) is 12.2 Å². The van der Waals surface area contributed by atoms with Gasteiger partial charge in [0.15, 0.2) is 5.69 Å². The normalized spacial score (nSPS) is 15.8. The van der Waals surface area contributed by atoms with Crippen molar-refractivity contribution in [3.05, 3.63) is 46.7 Å². The highest BCUT2D eigenvalue weighted by Crippen LogP contribution is 2.42. The minimum Gasteiger partial charge on any atom is -0.350 e. The number of amides is 1. The van der Waals surface area contributed by atoms with Crippen LogP contribution >= 0.6 is 11.8 Å². The molecule has 136 valence electrons. The van der Waals surface area contributed by atoms with Crippen molar-refractivity contribution in [3.8, 4) is 11.3 Å². The molecule has 0 fully saturated rings. The molecule has 0 atom stereocenters. The fourth-order valence-electron chi connectivity index (χ4n) is 3.88. The molecule has 1 aromatic heterocycles. The number of allylic oxidation sites excluding steroid dienone is 1. The number of fused-ring (bicyclic) bond motifs is 3. The number of hydrogen-bond donors (Lipinski definition) is 1. The van der Waals surface area contributed by atoms with Crippen molar-refractivity contribution in [2.24, 2.45) is 7.05 Å². The molecule has 5 heteroatoms. The predicted octanol–water partition coefficient (Wildman–Crippen LogP) is 4.62. The summed E-state index contributed by atoms with van der Waals surface area (Å²) in [5, 5.41) is 7.64. The molecule has 2 aliphatic rings. The summed E-state index contributed by atoms with van der Waals surface area (Å²) in [5.74, 6) is 0.752. The largest absolute Gasteiger partial charge is 0.350 e. The van der Waals surface area contributed by atoms with Gasteiger partial charge < -0.3 is 5.32 Å². The molecule has 1 amide bonds. The second-order valence-electron chi connectivity index (χ2n) is 7.20. The van der Waals surface area contributed by atoms with Crippen LogP contribution in [0.15, 0.2) is 34.7 Å². The predicted molar refractivity (Wildman–Crippen MR) is 106 cm³/mol. The average Bonchev–Trinajstić information content (AvgIpc) is 3.00. The Morgan fingerprint density at radius 2 is 2.23 bits per heavy atom. The maximum Gasteiger partial charge on any atom is 0.272 e. The second kappa shape index (κ2) is 7.31. The lowest BCUT2D eigenvalue weighted by Crippen LogP contribution is -2.26. The number of aromatic nitrogens is 2. The first-order valence-electron chi connectivity index (χ1n) is 9.39. The van der Waals surface area contributed by atoms with E-state index >= 15 is 0 Å². The van der Waals surface area contributed by atoms with Crippen molar-refractivity contribution in [1.29, 1.82) is 0 Å². The molecule has 2 heterocycles. The number of rotatable bonds is 4. The summed E-state index contributed by atoms with van der Waals surface area (Å²) in [6.07, 6.45) is 8.25. The van der Waals surface area contributed by atoms with E-state index in [9.17, 15) is 4.79 Å². The quantitative estimate of drug-likeness (QED) is 0.802. The molecular formula is C21H25N3OS. The van der Waals surface area contributed by atoms with Crippen LogP contribution in [0.2, 0.25) is 0 Å². The Bertz CT molecular complexity index is 882. The Hall–Kier alpha value is -2.01. The van der Waals surface area contributed by atoms with Gasteiger partial charge in [0.25, 0.3) is 5.91 Å². The van der Waals surface area contributed by atoms with Gasteiger partial charge in [-0.25, -0.2) is 0 Å². The Kier molecular flexibility index (Phi) is 4.90. The van der Waals surface area contributed by atoms with Crippen molar-refractivity contribution in [1.82, 2.24) is 15.1 Å². The second-order valence-corrected chi connectivity index (χ2v) is 8.22. The first kappa shape index (κ1) is 17.4. The molecule has 1 N–H and O–H groups in total. The van der Waals surface area contributed by atoms with Crippen molar-refractivity contribution in [2.45, 2.75) is 49.7 Å². The smallest absolute Gasteiger partial charge is 0.272 e. The number of nitrogens with zero attached hydrogens (tertiary/aromatic N) is 2. The SMILES string of the molecule is Cc1ccc2c(c1)-c1c(c(C(=O)NCCC3=CCCCC3)nn1C)CS2. The molecule has 0 saturated heterocycles. The molecule has 26 heavy (non-hydrogen) atoms. The van der Waals surface area contributed by atoms with Gasteiger partial charge in [-0.2, -0.15) is 5.10 Å². The number of aryl methyl sites for hydroxylation is 2. The summed E-state index contributed by atoms with van der Waals surface area (Å²) in [4.78, 5) is 14.0. The van der Waals surface area contributed by atoms with E-state index in [-0.39, 0.29) is 5.91 Å². The molecule has 2 aromatic rings. The minimum absolute atomic E-state index is 0.0463. The van der Waals surface area contributed by atoms with Crippen molar-refractivity contribution < 1.29 is 4.79 Å². The van der Waals surface area contributed by atoms with Crippen LogP contribution in [-0.2, 0) is 12.8 Å². The minimum atomic E-state index is -0.0463. The summed E-state index contributed by atoms with van der Waals surface area (Å²) in [6.45, 7) is 2.79. The average molecular weight is 368 g/mol. The third kappa shape index (κ3) is 3.32. The number of thioether (sulfide) groups is 1. The van der Waals surface area contributed by atoms with Gasteiger partial charge in [0.05, 0.1) is 5.69 Å². The van der Waals surface area contributed by atoms with Crippen molar-refractivity contribution in [2.75, 3.05) is 6.54 Å². The summed E-state index contributed by atoms with van der Waals surface area (Å²) >= 11 is 1.79. The first-order chi connectivity index (χ1) is 12.6. The lowest BCUT2D eigenvalue weighted by Gasteiger charge is -2.18. The van der Waals surface area contributed by atoms with E-state index < -0.39 is 0 Å². The van der Waals surface area contributed by atoms with Crippen LogP contribution in [0.4, 0.5) is 0 Å². The van der Waals surface area contributed by atoms with Gasteiger partial charge in [-0.3, -0.25) is 9.48 Å². The topological polar surface area (TPSA) is 46.9 Å². The van der Waals surface area contributed by atoms with Gasteiger partial charge in [0, 0.05) is 35.4 Å². The molecule has 1 aliphatic heterocycles. The van der Waals surface area contributed by atoms with Gasteiger partial charge >= 0.3 is 0 Å². The van der Waals surface area contributed by atoms with Crippen molar-refractivity contribution in [3.63, 3.8) is 0 Å². The van der Waals surface area contributed by atoms with Crippen LogP contribution in [0.1, 0.15) is 53.7 Å². The van der Waals surface area contributed by atoms with Crippen LogP contribution in [0.5, 0.6) is 0 Å². The van der Waals surface area contributed by atoms with Crippen LogP contribution in [0, 0.1) is 6.92 Å². The number of carbonyl (C=O) groups excluding carboxylic acids is 1. The molecule has 1 aromatic carbocycles. The molecular weight excluding hydrogens is 342 g/mol. The number of hydrogen-bond acceptors (Lipinski definition) is 3. The van der Waals surface area contributed by atoms with E-state index in [0.717, 1.165) is 23.4 Å².